The molecule has 0 unspecified atom stereocenters. The van der Waals surface area contributed by atoms with Crippen LogP contribution in [0.1, 0.15) is 101 Å². The van der Waals surface area contributed by atoms with E-state index < -0.39 is 0 Å². The van der Waals surface area contributed by atoms with E-state index in [-0.39, 0.29) is 0 Å². The van der Waals surface area contributed by atoms with Crippen LogP contribution in [0.15, 0.2) is 12.1 Å². The van der Waals surface area contributed by atoms with E-state index in [9.17, 15) is 0 Å². The van der Waals surface area contributed by atoms with Crippen LogP contribution in [0.3, 0.4) is 0 Å². The zero-order chi connectivity index (χ0) is 17.0. The summed E-state index contributed by atoms with van der Waals surface area (Å²) in [5, 5.41) is 0. The minimum atomic E-state index is 1.27. The Hall–Kier alpha value is 0.680. The van der Waals surface area contributed by atoms with E-state index in [1.165, 1.54) is 110 Å². The highest BCUT2D eigenvalue weighted by Crippen LogP contribution is 2.24. The van der Waals surface area contributed by atoms with Gasteiger partial charge in [-0.15, -0.1) is 0 Å². The van der Waals surface area contributed by atoms with Crippen molar-refractivity contribution in [3.63, 3.8) is 0 Å². The van der Waals surface area contributed by atoms with E-state index in [4.69, 9.17) is 0 Å². The number of fused-ring (bicyclic) bond motifs is 17. The zero-order valence-corrected chi connectivity index (χ0v) is 19.5. The molecule has 2 bridgehead atoms. The van der Waals surface area contributed by atoms with E-state index in [2.05, 4.69) is 57.3 Å². The standard InChI is InChI=1S/C22H34I2/c23-21-18-20-16-14-12-10-8-6-4-2-1-3-5-7-9-11-13-15-19(21)17-22(20)24/h17-18H,1-16H2. The Bertz CT molecular complexity index is 424. The van der Waals surface area contributed by atoms with Crippen molar-refractivity contribution in [2.45, 2.75) is 103 Å². The topological polar surface area (TPSA) is 0 Å². The molecule has 0 N–H and O–H groups in total. The first-order valence-corrected chi connectivity index (χ1v) is 12.4. The van der Waals surface area contributed by atoms with Crippen molar-refractivity contribution in [1.29, 1.82) is 0 Å². The number of hydrogen-bond donors (Lipinski definition) is 0. The van der Waals surface area contributed by atoms with Gasteiger partial charge < -0.3 is 0 Å². The summed E-state index contributed by atoms with van der Waals surface area (Å²) in [6.07, 6.45) is 22.7. The molecule has 0 amide bonds. The molecule has 0 radical (unpaired) electrons. The monoisotopic (exact) mass is 552 g/mol. The molecule has 1 aromatic rings. The van der Waals surface area contributed by atoms with Crippen LogP contribution >= 0.6 is 45.2 Å². The predicted octanol–water partition coefficient (Wildman–Crippen LogP) is 8.46. The van der Waals surface area contributed by atoms with Crippen molar-refractivity contribution in [2.75, 3.05) is 0 Å². The van der Waals surface area contributed by atoms with Gasteiger partial charge in [0.1, 0.15) is 0 Å². The van der Waals surface area contributed by atoms with Gasteiger partial charge in [-0.1, -0.05) is 77.0 Å². The summed E-state index contributed by atoms with van der Waals surface area (Å²) in [6.45, 7) is 0. The second-order valence-corrected chi connectivity index (χ2v) is 9.81. The minimum absolute atomic E-state index is 1.27. The third-order valence-corrected chi connectivity index (χ3v) is 7.37. The van der Waals surface area contributed by atoms with Gasteiger partial charge in [-0.05, 0) is 94.1 Å². The van der Waals surface area contributed by atoms with Crippen LogP contribution in [0.4, 0.5) is 0 Å². The molecule has 0 nitrogen and oxygen atoms in total. The van der Waals surface area contributed by atoms with Gasteiger partial charge in [-0.3, -0.25) is 0 Å². The molecule has 0 aromatic heterocycles. The number of benzene rings is 1. The Kier molecular flexibility index (Phi) is 11.3. The first-order valence-electron chi connectivity index (χ1n) is 10.2. The molecule has 1 aromatic carbocycles. The van der Waals surface area contributed by atoms with Crippen molar-refractivity contribution in [3.05, 3.63) is 30.4 Å². The maximum absolute atomic E-state index is 2.56. The highest BCUT2D eigenvalue weighted by molar-refractivity contribution is 14.1. The van der Waals surface area contributed by atoms with Gasteiger partial charge in [0.25, 0.3) is 0 Å². The molecule has 2 aliphatic rings. The number of rotatable bonds is 0. The smallest absolute Gasteiger partial charge is 0.0165 e. The summed E-state index contributed by atoms with van der Waals surface area (Å²) in [4.78, 5) is 0. The van der Waals surface area contributed by atoms with Crippen molar-refractivity contribution >= 4 is 45.2 Å². The summed E-state index contributed by atoms with van der Waals surface area (Å²) < 4.78 is 3.00. The second-order valence-electron chi connectivity index (χ2n) is 7.48. The lowest BCUT2D eigenvalue weighted by molar-refractivity contribution is 0.532. The SMILES string of the molecule is Ic1cc2c(I)cc1CCCCCCCCCCCCCCCC2. The van der Waals surface area contributed by atoms with Gasteiger partial charge >= 0.3 is 0 Å². The molecule has 3 rings (SSSR count). The van der Waals surface area contributed by atoms with Gasteiger partial charge in [-0.25, -0.2) is 0 Å². The second kappa shape index (κ2) is 12.9. The molecule has 0 fully saturated rings. The van der Waals surface area contributed by atoms with E-state index in [0.29, 0.717) is 0 Å². The van der Waals surface area contributed by atoms with E-state index in [0.717, 1.165) is 0 Å². The number of aryl methyl sites for hydroxylation is 2. The predicted molar refractivity (Wildman–Crippen MR) is 124 cm³/mol. The third-order valence-electron chi connectivity index (χ3n) is 5.36. The lowest BCUT2D eigenvalue weighted by Gasteiger charge is -2.11. The van der Waals surface area contributed by atoms with Crippen LogP contribution in [-0.2, 0) is 12.8 Å². The molecule has 0 atom stereocenters. The quantitative estimate of drug-likeness (QED) is 0.284. The Balaban J connectivity index is 1.88. The molecule has 2 heteroatoms. The van der Waals surface area contributed by atoms with Crippen molar-refractivity contribution in [2.24, 2.45) is 0 Å². The van der Waals surface area contributed by atoms with Crippen LogP contribution in [-0.4, -0.2) is 0 Å². The van der Waals surface area contributed by atoms with Crippen molar-refractivity contribution in [3.8, 4) is 0 Å². The molecule has 0 saturated carbocycles. The van der Waals surface area contributed by atoms with Crippen LogP contribution < -0.4 is 0 Å². The first kappa shape index (κ1) is 21.0. The van der Waals surface area contributed by atoms with Crippen LogP contribution in [0, 0.1) is 7.14 Å². The average molecular weight is 552 g/mol. The molecule has 136 valence electrons. The molecule has 0 saturated heterocycles. The molecular weight excluding hydrogens is 518 g/mol. The molecule has 0 spiro atoms. The summed E-state index contributed by atoms with van der Waals surface area (Å²) in [5.74, 6) is 0. The lowest BCUT2D eigenvalue weighted by atomic mass is 9.99. The lowest BCUT2D eigenvalue weighted by Crippen LogP contribution is -1.97. The van der Waals surface area contributed by atoms with Crippen LogP contribution in [0.25, 0.3) is 0 Å². The average Bonchev–Trinajstić information content (AvgIpc) is 2.57. The Morgan fingerprint density at radius 2 is 0.667 bits per heavy atom. The molecule has 0 heterocycles. The van der Waals surface area contributed by atoms with E-state index in [1.54, 1.807) is 11.1 Å². The Morgan fingerprint density at radius 1 is 0.417 bits per heavy atom. The third kappa shape index (κ3) is 8.37. The first-order chi connectivity index (χ1) is 11.8. The largest absolute Gasteiger partial charge is 0.0533 e. The Labute approximate surface area is 177 Å². The van der Waals surface area contributed by atoms with E-state index >= 15 is 0 Å². The minimum Gasteiger partial charge on any atom is -0.0533 e. The number of halogens is 2. The maximum atomic E-state index is 2.56. The van der Waals surface area contributed by atoms with Gasteiger partial charge in [0, 0.05) is 7.14 Å². The molecule has 24 heavy (non-hydrogen) atoms. The molecule has 0 aliphatic heterocycles. The van der Waals surface area contributed by atoms with Crippen LogP contribution in [0.2, 0.25) is 0 Å². The zero-order valence-electron chi connectivity index (χ0n) is 15.2. The van der Waals surface area contributed by atoms with Gasteiger partial charge in [0.15, 0.2) is 0 Å². The summed E-state index contributed by atoms with van der Waals surface area (Å²) in [5.41, 5.74) is 3.16. The van der Waals surface area contributed by atoms with Gasteiger partial charge in [0.2, 0.25) is 0 Å². The molecular formula is C22H34I2. The fourth-order valence-corrected chi connectivity index (χ4v) is 5.37. The van der Waals surface area contributed by atoms with Gasteiger partial charge in [0.05, 0.1) is 0 Å². The highest BCUT2D eigenvalue weighted by atomic mass is 127. The molecule has 2 aliphatic carbocycles. The summed E-state index contributed by atoms with van der Waals surface area (Å²) >= 11 is 5.12. The van der Waals surface area contributed by atoms with Crippen LogP contribution in [0.5, 0.6) is 0 Å². The van der Waals surface area contributed by atoms with E-state index in [1.807, 2.05) is 0 Å². The van der Waals surface area contributed by atoms with Gasteiger partial charge in [-0.2, -0.15) is 0 Å². The summed E-state index contributed by atoms with van der Waals surface area (Å²) in [6, 6.07) is 4.94. The van der Waals surface area contributed by atoms with Crippen molar-refractivity contribution in [1.82, 2.24) is 0 Å². The normalized spacial score (nSPS) is 19.9. The highest BCUT2D eigenvalue weighted by Gasteiger charge is 2.07. The number of hydrogen-bond acceptors (Lipinski definition) is 0. The maximum Gasteiger partial charge on any atom is 0.0165 e. The van der Waals surface area contributed by atoms with Crippen molar-refractivity contribution < 1.29 is 0 Å². The fraction of sp³-hybridized carbons (Fsp3) is 0.727. The fourth-order valence-electron chi connectivity index (χ4n) is 3.76. The summed E-state index contributed by atoms with van der Waals surface area (Å²) in [7, 11) is 0. The Morgan fingerprint density at radius 3 is 0.958 bits per heavy atom.